The van der Waals surface area contributed by atoms with E-state index in [1.54, 1.807) is 72.9 Å². The van der Waals surface area contributed by atoms with Crippen molar-refractivity contribution in [2.75, 3.05) is 74.1 Å². The summed E-state index contributed by atoms with van der Waals surface area (Å²) in [6.45, 7) is 8.41. The molecule has 2 aromatic heterocycles. The van der Waals surface area contributed by atoms with Crippen LogP contribution >= 0.6 is 0 Å². The number of benzene rings is 2. The summed E-state index contributed by atoms with van der Waals surface area (Å²) in [6.07, 6.45) is 18.7. The van der Waals surface area contributed by atoms with Crippen molar-refractivity contribution in [1.82, 2.24) is 38.7 Å². The lowest BCUT2D eigenvalue weighted by Gasteiger charge is -2.40. The highest BCUT2D eigenvalue weighted by Gasteiger charge is 2.23. The van der Waals surface area contributed by atoms with E-state index in [2.05, 4.69) is 54.7 Å². The first-order valence-electron chi connectivity index (χ1n) is 20.0. The molecule has 0 bridgehead atoms. The number of guanidine groups is 1. The number of carbonyl (C=O) groups excluding carboxylic acids is 1. The number of rotatable bonds is 10. The lowest BCUT2D eigenvalue weighted by molar-refractivity contribution is -0.306. The topological polar surface area (TPSA) is 157 Å². The van der Waals surface area contributed by atoms with Crippen LogP contribution in [0.1, 0.15) is 68.2 Å². The molecule has 0 saturated carbocycles. The largest absolute Gasteiger partial charge is 0.550 e. The molecule has 15 nitrogen and oxygen atoms in total. The zero-order chi connectivity index (χ0) is 41.3. The van der Waals surface area contributed by atoms with E-state index in [4.69, 9.17) is 14.6 Å². The highest BCUT2D eigenvalue weighted by molar-refractivity contribution is 5.81. The van der Waals surface area contributed by atoms with Crippen LogP contribution in [-0.2, 0) is 9.59 Å². The van der Waals surface area contributed by atoms with E-state index in [-0.39, 0.29) is 24.9 Å². The van der Waals surface area contributed by atoms with Crippen molar-refractivity contribution in [2.24, 2.45) is 4.99 Å². The van der Waals surface area contributed by atoms with Crippen molar-refractivity contribution < 1.29 is 29.3 Å². The second-order valence-electron chi connectivity index (χ2n) is 14.5. The van der Waals surface area contributed by atoms with Crippen molar-refractivity contribution in [3.05, 3.63) is 109 Å². The van der Waals surface area contributed by atoms with Gasteiger partial charge in [0.25, 0.3) is 0 Å². The molecular weight excluding hydrogens is 739 g/mol. The standard InChI is InChI=1S/2C13H14N2O3.C9H16N2.C8H15N3/c2*1-18-11-4-2-10(3-5-11)12(8-13(16)17)15-7-6-14-9-15;1-10-6-4-8-11-7-3-2-5-9(10)11;1-10-5-3-7-11-6-2-4-9-8(10)11/h2*2-7,9,12H,8H2,1H3,(H,16,17);5H,2-4,6-8H2,1H3;2-7H2,1H3/p-1. The maximum atomic E-state index is 10.9. The predicted molar refractivity (Wildman–Crippen MR) is 220 cm³/mol. The van der Waals surface area contributed by atoms with Crippen molar-refractivity contribution in [3.8, 4) is 11.5 Å². The Balaban J connectivity index is 0.000000151. The molecule has 4 aliphatic heterocycles. The number of nitrogens with zero attached hydrogens (tertiary/aromatic N) is 9. The van der Waals surface area contributed by atoms with Gasteiger partial charge in [-0.2, -0.15) is 0 Å². The van der Waals surface area contributed by atoms with E-state index >= 15 is 0 Å². The average molecular weight is 797 g/mol. The quantitative estimate of drug-likeness (QED) is 0.244. The van der Waals surface area contributed by atoms with Crippen LogP contribution in [0.25, 0.3) is 0 Å². The van der Waals surface area contributed by atoms with Gasteiger partial charge in [-0.3, -0.25) is 9.79 Å². The van der Waals surface area contributed by atoms with Crippen molar-refractivity contribution in [1.29, 1.82) is 0 Å². The average Bonchev–Trinajstić information content (AvgIpc) is 4.00. The first kappa shape index (κ1) is 43.1. The first-order chi connectivity index (χ1) is 28.2. The molecular formula is C43H58N9O6-. The summed E-state index contributed by atoms with van der Waals surface area (Å²) in [4.78, 5) is 43.7. The fourth-order valence-electron chi connectivity index (χ4n) is 7.48. The van der Waals surface area contributed by atoms with E-state index in [0.717, 1.165) is 29.2 Å². The number of hydrogen-bond donors (Lipinski definition) is 1. The van der Waals surface area contributed by atoms with Gasteiger partial charge >= 0.3 is 5.97 Å². The summed E-state index contributed by atoms with van der Waals surface area (Å²) in [5, 5.41) is 19.8. The van der Waals surface area contributed by atoms with Gasteiger partial charge in [-0.05, 0) is 73.6 Å². The summed E-state index contributed by atoms with van der Waals surface area (Å²) in [5.74, 6) is 2.24. The predicted octanol–water partition coefficient (Wildman–Crippen LogP) is 4.22. The molecule has 6 heterocycles. The molecule has 2 saturated heterocycles. The normalized spacial score (nSPS) is 16.8. The third-order valence-corrected chi connectivity index (χ3v) is 10.5. The van der Waals surface area contributed by atoms with Gasteiger partial charge in [-0.1, -0.05) is 24.3 Å². The van der Waals surface area contributed by atoms with Gasteiger partial charge in [-0.15, -0.1) is 0 Å². The maximum Gasteiger partial charge on any atom is 0.305 e. The highest BCUT2D eigenvalue weighted by Crippen LogP contribution is 2.26. The molecule has 15 heteroatoms. The number of aliphatic carboxylic acids is 2. The zero-order valence-corrected chi connectivity index (χ0v) is 34.2. The van der Waals surface area contributed by atoms with Crippen LogP contribution in [0.5, 0.6) is 11.5 Å². The van der Waals surface area contributed by atoms with Gasteiger partial charge in [0.2, 0.25) is 0 Å². The van der Waals surface area contributed by atoms with E-state index < -0.39 is 11.9 Å². The Hall–Kier alpha value is -5.99. The van der Waals surface area contributed by atoms with Crippen molar-refractivity contribution in [2.45, 2.75) is 57.0 Å². The SMILES string of the molecule is CN1CCCN2CCCC=C12.CN1CCCN2CCCN=C12.COc1ccc(C(CC(=O)O)n2ccnc2)cc1.COc1ccc(C(CC(=O)[O-])n2ccnc2)cc1. The molecule has 0 radical (unpaired) electrons. The Bertz CT molecular complexity index is 1740. The number of imidazole rings is 2. The minimum absolute atomic E-state index is 0.0166. The number of methoxy groups -OCH3 is 2. The number of carbonyl (C=O) groups is 2. The molecule has 0 amide bonds. The van der Waals surface area contributed by atoms with Crippen LogP contribution in [0.3, 0.4) is 0 Å². The van der Waals surface area contributed by atoms with Crippen LogP contribution in [0.15, 0.2) is 103 Å². The molecule has 0 aliphatic carbocycles. The minimum atomic E-state index is -1.09. The van der Waals surface area contributed by atoms with Crippen molar-refractivity contribution in [3.63, 3.8) is 0 Å². The molecule has 8 rings (SSSR count). The second kappa shape index (κ2) is 22.1. The smallest absolute Gasteiger partial charge is 0.305 e. The number of aliphatic imine (C=N–C) groups is 1. The Morgan fingerprint density at radius 3 is 1.71 bits per heavy atom. The molecule has 2 unspecified atom stereocenters. The van der Waals surface area contributed by atoms with Crippen LogP contribution in [0, 0.1) is 0 Å². The lowest BCUT2D eigenvalue weighted by Crippen LogP contribution is -2.50. The molecule has 2 fully saturated rings. The monoisotopic (exact) mass is 796 g/mol. The number of allylic oxidation sites excluding steroid dienone is 1. The van der Waals surface area contributed by atoms with Gasteiger partial charge in [0, 0.05) is 97.1 Å². The Kier molecular flexibility index (Phi) is 16.4. The highest BCUT2D eigenvalue weighted by atomic mass is 16.5. The third kappa shape index (κ3) is 12.5. The molecule has 1 N–H and O–H groups in total. The van der Waals surface area contributed by atoms with Crippen molar-refractivity contribution >= 4 is 17.9 Å². The number of carboxylic acid groups (broad SMARTS) is 2. The fraction of sp³-hybridized carbons (Fsp3) is 0.465. The van der Waals surface area contributed by atoms with Crippen LogP contribution in [0.4, 0.5) is 0 Å². The van der Waals surface area contributed by atoms with Gasteiger partial charge in [-0.25, -0.2) is 9.97 Å². The summed E-state index contributed by atoms with van der Waals surface area (Å²) in [7, 11) is 7.52. The van der Waals surface area contributed by atoms with E-state index in [1.165, 1.54) is 83.2 Å². The molecule has 0 spiro atoms. The number of aromatic nitrogens is 4. The van der Waals surface area contributed by atoms with Crippen LogP contribution < -0.4 is 14.6 Å². The minimum Gasteiger partial charge on any atom is -0.550 e. The Labute approximate surface area is 341 Å². The van der Waals surface area contributed by atoms with Gasteiger partial charge in [0.1, 0.15) is 11.5 Å². The molecule has 312 valence electrons. The number of ether oxygens (including phenoxy) is 2. The fourth-order valence-corrected chi connectivity index (χ4v) is 7.48. The Morgan fingerprint density at radius 2 is 1.22 bits per heavy atom. The lowest BCUT2D eigenvalue weighted by atomic mass is 10.0. The second-order valence-corrected chi connectivity index (χ2v) is 14.5. The Morgan fingerprint density at radius 1 is 0.707 bits per heavy atom. The molecule has 58 heavy (non-hydrogen) atoms. The number of fused-ring (bicyclic) bond motifs is 2. The maximum absolute atomic E-state index is 10.9. The summed E-state index contributed by atoms with van der Waals surface area (Å²) in [5.41, 5.74) is 1.79. The van der Waals surface area contributed by atoms with Gasteiger partial charge in [0.15, 0.2) is 5.96 Å². The zero-order valence-electron chi connectivity index (χ0n) is 34.2. The first-order valence-corrected chi connectivity index (χ1v) is 20.0. The van der Waals surface area contributed by atoms with Crippen LogP contribution in [-0.4, -0.2) is 136 Å². The third-order valence-electron chi connectivity index (χ3n) is 10.5. The van der Waals surface area contributed by atoms with Gasteiger partial charge in [0.05, 0.1) is 51.2 Å². The van der Waals surface area contributed by atoms with E-state index in [9.17, 15) is 14.7 Å². The van der Waals surface area contributed by atoms with Crippen LogP contribution in [0.2, 0.25) is 0 Å². The van der Waals surface area contributed by atoms with Gasteiger partial charge < -0.3 is 53.2 Å². The summed E-state index contributed by atoms with van der Waals surface area (Å²) < 4.78 is 13.7. The molecule has 4 aromatic rings. The van der Waals surface area contributed by atoms with E-state index in [1.807, 2.05) is 36.4 Å². The molecule has 4 aliphatic rings. The van der Waals surface area contributed by atoms with E-state index in [0.29, 0.717) is 0 Å². The molecule has 2 atom stereocenters. The summed E-state index contributed by atoms with van der Waals surface area (Å²) in [6, 6.07) is 14.1. The number of carboxylic acids is 2. The number of hydrogen-bond acceptors (Lipinski definition) is 12. The summed E-state index contributed by atoms with van der Waals surface area (Å²) >= 11 is 0. The molecule has 2 aromatic carbocycles.